The van der Waals surface area contributed by atoms with Crippen molar-refractivity contribution in [2.45, 2.75) is 71.4 Å². The number of rotatable bonds is 9. The Labute approximate surface area is 153 Å². The Hall–Kier alpha value is -1.45. The number of benzene rings is 1. The Morgan fingerprint density at radius 2 is 1.52 bits per heavy atom. The summed E-state index contributed by atoms with van der Waals surface area (Å²) >= 11 is 0. The van der Waals surface area contributed by atoms with Crippen molar-refractivity contribution in [2.75, 3.05) is 0 Å². The minimum atomic E-state index is -2.05. The zero-order valence-electron chi connectivity index (χ0n) is 16.4. The molecule has 138 valence electrons. The topological polar surface area (TPSA) is 51.5 Å². The summed E-state index contributed by atoms with van der Waals surface area (Å²) in [5, 5.41) is 10.1. The second kappa shape index (κ2) is 9.30. The van der Waals surface area contributed by atoms with E-state index in [-0.39, 0.29) is 12.2 Å². The molecule has 1 rings (SSSR count). The van der Waals surface area contributed by atoms with E-state index in [0.29, 0.717) is 0 Å². The molecule has 0 saturated carbocycles. The van der Waals surface area contributed by atoms with Crippen LogP contribution in [-0.4, -0.2) is 32.4 Å². The van der Waals surface area contributed by atoms with Crippen molar-refractivity contribution in [3.8, 4) is 6.07 Å². The van der Waals surface area contributed by atoms with Gasteiger partial charge in [0.25, 0.3) is 0 Å². The number of nitrogens with zero attached hydrogens (tertiary/aromatic N) is 1. The van der Waals surface area contributed by atoms with E-state index >= 15 is 0 Å². The maximum absolute atomic E-state index is 10.1. The molecular weight excluding hydrogens is 330 g/mol. The molecule has 4 nitrogen and oxygen atoms in total. The van der Waals surface area contributed by atoms with E-state index in [9.17, 15) is 5.26 Å². The van der Waals surface area contributed by atoms with Crippen LogP contribution in [0.3, 0.4) is 0 Å². The molecule has 0 radical (unpaired) electrons. The smallest absolute Gasteiger partial charge is 0.215 e. The van der Waals surface area contributed by atoms with E-state index in [1.807, 2.05) is 64.1 Å². The zero-order chi connectivity index (χ0) is 19.1. The summed E-state index contributed by atoms with van der Waals surface area (Å²) < 4.78 is 18.2. The van der Waals surface area contributed by atoms with Gasteiger partial charge in [-0.05, 0) is 59.0 Å². The van der Waals surface area contributed by atoms with Crippen molar-refractivity contribution >= 4 is 14.4 Å². The van der Waals surface area contributed by atoms with Crippen molar-refractivity contribution < 1.29 is 13.9 Å². The van der Waals surface area contributed by atoms with E-state index in [1.165, 1.54) is 0 Å². The number of nitriles is 1. The monoisotopic (exact) mass is 361 g/mol. The minimum absolute atomic E-state index is 0.0909. The number of hydrogen-bond acceptors (Lipinski definition) is 4. The van der Waals surface area contributed by atoms with Crippen LogP contribution in [-0.2, 0) is 13.9 Å². The van der Waals surface area contributed by atoms with Gasteiger partial charge in [0, 0.05) is 0 Å². The van der Waals surface area contributed by atoms with Gasteiger partial charge in [0.05, 0.1) is 12.2 Å². The summed E-state index contributed by atoms with van der Waals surface area (Å²) in [6, 6.07) is 12.2. The molecule has 0 bridgehead atoms. The fourth-order valence-electron chi connectivity index (χ4n) is 2.29. The van der Waals surface area contributed by atoms with Crippen molar-refractivity contribution in [3.05, 3.63) is 42.0 Å². The lowest BCUT2D eigenvalue weighted by atomic mass is 10.0. The molecule has 1 aromatic rings. The van der Waals surface area contributed by atoms with Gasteiger partial charge >= 0.3 is 0 Å². The molecule has 0 aromatic heterocycles. The molecule has 0 aliphatic rings. The van der Waals surface area contributed by atoms with Crippen LogP contribution >= 0.6 is 0 Å². The van der Waals surface area contributed by atoms with Crippen LogP contribution in [0.1, 0.15) is 33.3 Å². The third-order valence-electron chi connectivity index (χ3n) is 3.11. The number of hydrogen-bond donors (Lipinski definition) is 0. The molecular formula is C20H31NO3Si. The molecule has 25 heavy (non-hydrogen) atoms. The normalized spacial score (nSPS) is 15.1. The predicted octanol–water partition coefficient (Wildman–Crippen LogP) is 4.99. The van der Waals surface area contributed by atoms with Gasteiger partial charge in [-0.1, -0.05) is 36.4 Å². The Bertz CT molecular complexity index is 577. The molecule has 5 heteroatoms. The highest BCUT2D eigenvalue weighted by Gasteiger charge is 2.44. The third kappa shape index (κ3) is 7.53. The number of ether oxygens (including phenoxy) is 2. The highest BCUT2D eigenvalue weighted by atomic mass is 28.4. The summed E-state index contributed by atoms with van der Waals surface area (Å²) in [6.07, 6.45) is 2.68. The Kier molecular flexibility index (Phi) is 8.03. The molecule has 0 amide bonds. The van der Waals surface area contributed by atoms with E-state index < -0.39 is 20.2 Å². The molecule has 0 spiro atoms. The van der Waals surface area contributed by atoms with Gasteiger partial charge in [-0.2, -0.15) is 5.26 Å². The first-order chi connectivity index (χ1) is 11.6. The van der Waals surface area contributed by atoms with Crippen molar-refractivity contribution in [2.24, 2.45) is 0 Å². The Morgan fingerprint density at radius 1 is 1.00 bits per heavy atom. The molecule has 0 fully saturated rings. The fourth-order valence-corrected chi connectivity index (χ4v) is 3.52. The van der Waals surface area contributed by atoms with Crippen molar-refractivity contribution in [3.63, 3.8) is 0 Å². The van der Waals surface area contributed by atoms with Crippen molar-refractivity contribution in [1.82, 2.24) is 0 Å². The standard InChI is InChI=1S/C20H31NO3Si/c1-16(2)22-19(23-17(3)4)20(15-21,24-25(5,6)7)14-13-18-11-9-8-10-12-18/h8-14,16-17,19H,1-7H3/b14-13+. The first kappa shape index (κ1) is 21.6. The molecule has 0 saturated heterocycles. The van der Waals surface area contributed by atoms with Crippen LogP contribution in [0.4, 0.5) is 0 Å². The molecule has 0 heterocycles. The van der Waals surface area contributed by atoms with E-state index in [2.05, 4.69) is 25.7 Å². The summed E-state index contributed by atoms with van der Waals surface area (Å²) in [4.78, 5) is 0. The minimum Gasteiger partial charge on any atom is -0.393 e. The molecule has 0 aliphatic carbocycles. The molecule has 0 aliphatic heterocycles. The highest BCUT2D eigenvalue weighted by Crippen LogP contribution is 2.29. The quantitative estimate of drug-likeness (QED) is 0.459. The maximum atomic E-state index is 10.1. The predicted molar refractivity (Wildman–Crippen MR) is 104 cm³/mol. The van der Waals surface area contributed by atoms with E-state index in [4.69, 9.17) is 13.9 Å². The highest BCUT2D eigenvalue weighted by molar-refractivity contribution is 6.69. The molecule has 1 aromatic carbocycles. The Balaban J connectivity index is 3.31. The summed E-state index contributed by atoms with van der Waals surface area (Å²) in [5.41, 5.74) is -0.302. The van der Waals surface area contributed by atoms with Gasteiger partial charge in [0.2, 0.25) is 11.9 Å². The second-order valence-electron chi connectivity index (χ2n) is 7.56. The van der Waals surface area contributed by atoms with Gasteiger partial charge < -0.3 is 13.9 Å². The second-order valence-corrected chi connectivity index (χ2v) is 12.0. The molecule has 1 atom stereocenters. The van der Waals surface area contributed by atoms with Gasteiger partial charge in [0.15, 0.2) is 8.32 Å². The summed E-state index contributed by atoms with van der Waals surface area (Å²) in [7, 11) is -2.05. The fraction of sp³-hybridized carbons (Fsp3) is 0.550. The SMILES string of the molecule is CC(C)OC(OC(C)C)C(C#N)(/C=C/c1ccccc1)O[Si](C)(C)C. The lowest BCUT2D eigenvalue weighted by Gasteiger charge is -2.38. The van der Waals surface area contributed by atoms with Gasteiger partial charge in [-0.25, -0.2) is 0 Å². The van der Waals surface area contributed by atoms with E-state index in [0.717, 1.165) is 5.56 Å². The summed E-state index contributed by atoms with van der Waals surface area (Å²) in [6.45, 7) is 13.9. The van der Waals surface area contributed by atoms with Gasteiger partial charge in [-0.15, -0.1) is 0 Å². The van der Waals surface area contributed by atoms with Crippen molar-refractivity contribution in [1.29, 1.82) is 5.26 Å². The largest absolute Gasteiger partial charge is 0.393 e. The van der Waals surface area contributed by atoms with E-state index in [1.54, 1.807) is 6.08 Å². The lowest BCUT2D eigenvalue weighted by molar-refractivity contribution is -0.229. The van der Waals surface area contributed by atoms with Crippen LogP contribution in [0.15, 0.2) is 36.4 Å². The van der Waals surface area contributed by atoms with Crippen LogP contribution < -0.4 is 0 Å². The first-order valence-corrected chi connectivity index (χ1v) is 12.2. The Morgan fingerprint density at radius 3 is 1.92 bits per heavy atom. The summed E-state index contributed by atoms with van der Waals surface area (Å²) in [5.74, 6) is 0. The molecule has 1 unspecified atom stereocenters. The van der Waals surface area contributed by atoms with Crippen LogP contribution in [0, 0.1) is 11.3 Å². The third-order valence-corrected chi connectivity index (χ3v) is 4.06. The van der Waals surface area contributed by atoms with Crippen LogP contribution in [0.5, 0.6) is 0 Å². The zero-order valence-corrected chi connectivity index (χ0v) is 17.4. The van der Waals surface area contributed by atoms with Gasteiger partial charge in [0.1, 0.15) is 6.07 Å². The first-order valence-electron chi connectivity index (χ1n) is 8.74. The average molecular weight is 362 g/mol. The van der Waals surface area contributed by atoms with Crippen LogP contribution in [0.2, 0.25) is 19.6 Å². The molecule has 0 N–H and O–H groups in total. The van der Waals surface area contributed by atoms with Crippen LogP contribution in [0.25, 0.3) is 6.08 Å². The lowest BCUT2D eigenvalue weighted by Crippen LogP contribution is -2.52. The maximum Gasteiger partial charge on any atom is 0.215 e. The average Bonchev–Trinajstić information content (AvgIpc) is 2.50. The van der Waals surface area contributed by atoms with Gasteiger partial charge in [-0.3, -0.25) is 0 Å².